The number of nitrogens with one attached hydrogen (secondary N) is 3. The van der Waals surface area contributed by atoms with Gasteiger partial charge in [0, 0.05) is 5.56 Å². The summed E-state index contributed by atoms with van der Waals surface area (Å²) >= 11 is 0. The Bertz CT molecular complexity index is 1010. The van der Waals surface area contributed by atoms with Crippen LogP contribution in [-0.4, -0.2) is 37.0 Å². The topological polar surface area (TPSA) is 106 Å². The van der Waals surface area contributed by atoms with E-state index in [1.807, 2.05) is 13.8 Å². The maximum Gasteiger partial charge on any atom is 0.269 e. The zero-order valence-electron chi connectivity index (χ0n) is 19.0. The molecule has 2 aromatic rings. The molecule has 0 aliphatic rings. The lowest BCUT2D eigenvalue weighted by molar-refractivity contribution is -0.124. The molecule has 0 heterocycles. The number of hydrazine groups is 1. The number of benzene rings is 2. The number of carbonyl (C=O) groups excluding carboxylic acids is 3. The average Bonchev–Trinajstić information content (AvgIpc) is 2.75. The van der Waals surface area contributed by atoms with Crippen molar-refractivity contribution in [3.63, 3.8) is 0 Å². The van der Waals surface area contributed by atoms with E-state index < -0.39 is 46.9 Å². The number of hydrogen-bond acceptors (Lipinski definition) is 5. The van der Waals surface area contributed by atoms with Gasteiger partial charge in [-0.15, -0.1) is 0 Å². The van der Waals surface area contributed by atoms with E-state index in [0.29, 0.717) is 11.5 Å². The summed E-state index contributed by atoms with van der Waals surface area (Å²) in [4.78, 5) is 37.4. The summed E-state index contributed by atoms with van der Waals surface area (Å²) in [6.07, 6.45) is -0.0983. The molecule has 0 aliphatic heterocycles. The Morgan fingerprint density at radius 3 is 2.06 bits per heavy atom. The predicted molar refractivity (Wildman–Crippen MR) is 117 cm³/mol. The van der Waals surface area contributed by atoms with Gasteiger partial charge in [-0.2, -0.15) is 0 Å². The van der Waals surface area contributed by atoms with Crippen LogP contribution in [0.2, 0.25) is 0 Å². The minimum absolute atomic E-state index is 0.0983. The van der Waals surface area contributed by atoms with Gasteiger partial charge in [-0.05, 0) is 50.1 Å². The maximum absolute atomic E-state index is 13.9. The fraction of sp³-hybridized carbons (Fsp3) is 0.348. The monoisotopic (exact) mass is 463 g/mol. The summed E-state index contributed by atoms with van der Waals surface area (Å²) in [7, 11) is 1.43. The first-order valence-electron chi connectivity index (χ1n) is 10.2. The van der Waals surface area contributed by atoms with Gasteiger partial charge >= 0.3 is 0 Å². The number of hydrogen-bond donors (Lipinski definition) is 3. The van der Waals surface area contributed by atoms with Gasteiger partial charge in [-0.3, -0.25) is 25.2 Å². The number of carbonyl (C=O) groups is 3. The van der Waals surface area contributed by atoms with Crippen LogP contribution < -0.4 is 25.6 Å². The molecule has 33 heavy (non-hydrogen) atoms. The first-order chi connectivity index (χ1) is 15.5. The van der Waals surface area contributed by atoms with E-state index >= 15 is 0 Å². The van der Waals surface area contributed by atoms with Crippen LogP contribution in [0.3, 0.4) is 0 Å². The molecule has 0 saturated heterocycles. The van der Waals surface area contributed by atoms with Gasteiger partial charge < -0.3 is 14.8 Å². The van der Waals surface area contributed by atoms with Crippen LogP contribution in [0.5, 0.6) is 11.5 Å². The van der Waals surface area contributed by atoms with Crippen molar-refractivity contribution in [1.29, 1.82) is 0 Å². The summed E-state index contributed by atoms with van der Waals surface area (Å²) in [5, 5.41) is 2.30. The number of methoxy groups -OCH3 is 1. The van der Waals surface area contributed by atoms with Crippen molar-refractivity contribution in [2.45, 2.75) is 39.8 Å². The molecule has 1 atom stereocenters. The first-order valence-corrected chi connectivity index (χ1v) is 10.2. The number of halogens is 2. The van der Waals surface area contributed by atoms with Crippen LogP contribution in [-0.2, 0) is 4.79 Å². The number of ether oxygens (including phenoxy) is 2. The van der Waals surface area contributed by atoms with Crippen LogP contribution in [0.15, 0.2) is 36.4 Å². The minimum Gasteiger partial charge on any atom is -0.493 e. The number of amides is 3. The number of rotatable bonds is 8. The molecule has 178 valence electrons. The summed E-state index contributed by atoms with van der Waals surface area (Å²) in [6, 6.07) is 6.33. The maximum atomic E-state index is 13.9. The average molecular weight is 463 g/mol. The lowest BCUT2D eigenvalue weighted by atomic mass is 10.0. The van der Waals surface area contributed by atoms with Gasteiger partial charge in [0.1, 0.15) is 23.2 Å². The summed E-state index contributed by atoms with van der Waals surface area (Å²) in [5.74, 6) is -4.27. The van der Waals surface area contributed by atoms with Gasteiger partial charge in [0.2, 0.25) is 0 Å². The van der Waals surface area contributed by atoms with E-state index in [-0.39, 0.29) is 11.7 Å². The van der Waals surface area contributed by atoms with Crippen molar-refractivity contribution in [2.24, 2.45) is 5.92 Å². The molecule has 3 amide bonds. The summed E-state index contributed by atoms with van der Waals surface area (Å²) in [6.45, 7) is 6.95. The standard InChI is InChI=1S/C23H27F2N3O5/c1-12(2)20(26-22(30)19-15(24)7-6-8-16(19)25)23(31)28-27-21(29)14-9-10-17(33-13(3)4)18(11-14)32-5/h6-13,20H,1-5H3,(H,26,30)(H,27,29)(H,28,31). The van der Waals surface area contributed by atoms with E-state index in [0.717, 1.165) is 18.2 Å². The fourth-order valence-corrected chi connectivity index (χ4v) is 2.89. The lowest BCUT2D eigenvalue weighted by Crippen LogP contribution is -2.54. The fourth-order valence-electron chi connectivity index (χ4n) is 2.89. The summed E-state index contributed by atoms with van der Waals surface area (Å²) < 4.78 is 38.6. The molecular formula is C23H27F2N3O5. The molecule has 0 spiro atoms. The Labute approximate surface area is 190 Å². The highest BCUT2D eigenvalue weighted by molar-refractivity contribution is 5.99. The molecule has 3 N–H and O–H groups in total. The van der Waals surface area contributed by atoms with Crippen molar-refractivity contribution < 1.29 is 32.6 Å². The molecule has 2 aromatic carbocycles. The smallest absolute Gasteiger partial charge is 0.269 e. The molecule has 2 rings (SSSR count). The highest BCUT2D eigenvalue weighted by Crippen LogP contribution is 2.28. The Balaban J connectivity index is 2.07. The van der Waals surface area contributed by atoms with Crippen molar-refractivity contribution in [3.8, 4) is 11.5 Å². The molecule has 8 nitrogen and oxygen atoms in total. The lowest BCUT2D eigenvalue weighted by Gasteiger charge is -2.22. The van der Waals surface area contributed by atoms with Crippen LogP contribution in [0.25, 0.3) is 0 Å². The highest BCUT2D eigenvalue weighted by Gasteiger charge is 2.27. The largest absolute Gasteiger partial charge is 0.493 e. The van der Waals surface area contributed by atoms with Crippen molar-refractivity contribution in [1.82, 2.24) is 16.2 Å². The van der Waals surface area contributed by atoms with Gasteiger partial charge in [0.05, 0.1) is 13.2 Å². The zero-order chi connectivity index (χ0) is 24.7. The Morgan fingerprint density at radius 1 is 0.879 bits per heavy atom. The van der Waals surface area contributed by atoms with Crippen LogP contribution >= 0.6 is 0 Å². The van der Waals surface area contributed by atoms with E-state index in [1.54, 1.807) is 19.9 Å². The van der Waals surface area contributed by atoms with Gasteiger partial charge in [0.25, 0.3) is 17.7 Å². The van der Waals surface area contributed by atoms with Crippen molar-refractivity contribution in [2.75, 3.05) is 7.11 Å². The third kappa shape index (κ3) is 6.64. The first kappa shape index (κ1) is 25.6. The third-order valence-electron chi connectivity index (χ3n) is 4.51. The van der Waals surface area contributed by atoms with Gasteiger partial charge in [0.15, 0.2) is 11.5 Å². The molecular weight excluding hydrogens is 436 g/mol. The van der Waals surface area contributed by atoms with Crippen LogP contribution in [0.1, 0.15) is 48.4 Å². The van der Waals surface area contributed by atoms with Crippen molar-refractivity contribution in [3.05, 3.63) is 59.2 Å². The predicted octanol–water partition coefficient (Wildman–Crippen LogP) is 2.98. The van der Waals surface area contributed by atoms with Crippen LogP contribution in [0.4, 0.5) is 8.78 Å². The van der Waals surface area contributed by atoms with E-state index in [1.165, 1.54) is 19.2 Å². The molecule has 0 saturated carbocycles. The SMILES string of the molecule is COc1cc(C(=O)NNC(=O)C(NC(=O)c2c(F)cccc2F)C(C)C)ccc1OC(C)C. The molecule has 0 bridgehead atoms. The quantitative estimate of drug-likeness (QED) is 0.522. The second kappa shape index (κ2) is 11.3. The molecule has 0 aliphatic carbocycles. The summed E-state index contributed by atoms with van der Waals surface area (Å²) in [5.41, 5.74) is 3.85. The van der Waals surface area contributed by atoms with E-state index in [4.69, 9.17) is 9.47 Å². The molecule has 0 fully saturated rings. The van der Waals surface area contributed by atoms with E-state index in [2.05, 4.69) is 16.2 Å². The van der Waals surface area contributed by atoms with Crippen molar-refractivity contribution >= 4 is 17.7 Å². The molecule has 1 unspecified atom stereocenters. The second-order valence-corrected chi connectivity index (χ2v) is 7.77. The zero-order valence-corrected chi connectivity index (χ0v) is 19.0. The Morgan fingerprint density at radius 2 is 1.52 bits per heavy atom. The van der Waals surface area contributed by atoms with Gasteiger partial charge in [-0.1, -0.05) is 19.9 Å². The van der Waals surface area contributed by atoms with Crippen LogP contribution in [0, 0.1) is 17.6 Å². The van der Waals surface area contributed by atoms with E-state index in [9.17, 15) is 23.2 Å². The molecule has 0 aromatic heterocycles. The Hall–Kier alpha value is -3.69. The van der Waals surface area contributed by atoms with Gasteiger partial charge in [-0.25, -0.2) is 8.78 Å². The molecule has 0 radical (unpaired) electrons. The molecule has 10 heteroatoms. The Kier molecular flexibility index (Phi) is 8.72. The minimum atomic E-state index is -1.17. The highest BCUT2D eigenvalue weighted by atomic mass is 19.1. The third-order valence-corrected chi connectivity index (χ3v) is 4.51. The normalized spacial score (nSPS) is 11.7. The second-order valence-electron chi connectivity index (χ2n) is 7.77.